The predicted octanol–water partition coefficient (Wildman–Crippen LogP) is 3.52. The van der Waals surface area contributed by atoms with E-state index < -0.39 is 0 Å². The molecule has 0 saturated carbocycles. The highest BCUT2D eigenvalue weighted by Gasteiger charge is 2.18. The Hall–Kier alpha value is -0.0800. The third-order valence-corrected chi connectivity index (χ3v) is 4.39. The van der Waals surface area contributed by atoms with Gasteiger partial charge in [0.05, 0.1) is 0 Å². The Morgan fingerprint density at radius 2 is 1.94 bits per heavy atom. The Morgan fingerprint density at radius 3 is 2.67 bits per heavy atom. The maximum absolute atomic E-state index is 3.40. The molecule has 0 spiro atoms. The van der Waals surface area contributed by atoms with Gasteiger partial charge in [-0.15, -0.1) is 0 Å². The zero-order valence-corrected chi connectivity index (χ0v) is 12.9. The van der Waals surface area contributed by atoms with Crippen molar-refractivity contribution in [1.82, 2.24) is 10.2 Å². The standard InChI is InChI=1S/C16H34N2/c1-4-17-11-6-5-7-12-18-13-8-9-16(10-14-18)15(2)3/h15-17H,4-14H2,1-3H3. The lowest BCUT2D eigenvalue weighted by atomic mass is 9.89. The van der Waals surface area contributed by atoms with Crippen molar-refractivity contribution in [3.63, 3.8) is 0 Å². The van der Waals surface area contributed by atoms with Gasteiger partial charge in [-0.1, -0.05) is 27.2 Å². The van der Waals surface area contributed by atoms with Gasteiger partial charge in [0.15, 0.2) is 0 Å². The zero-order chi connectivity index (χ0) is 13.2. The summed E-state index contributed by atoms with van der Waals surface area (Å²) >= 11 is 0. The first-order chi connectivity index (χ1) is 8.74. The van der Waals surface area contributed by atoms with Crippen LogP contribution in [0.4, 0.5) is 0 Å². The third-order valence-electron chi connectivity index (χ3n) is 4.39. The number of rotatable bonds is 8. The molecule has 1 heterocycles. The molecule has 2 nitrogen and oxygen atoms in total. The van der Waals surface area contributed by atoms with Crippen molar-refractivity contribution in [2.24, 2.45) is 11.8 Å². The third kappa shape index (κ3) is 6.75. The summed E-state index contributed by atoms with van der Waals surface area (Å²) in [6, 6.07) is 0. The summed E-state index contributed by atoms with van der Waals surface area (Å²) in [7, 11) is 0. The van der Waals surface area contributed by atoms with E-state index in [1.165, 1.54) is 64.7 Å². The predicted molar refractivity (Wildman–Crippen MR) is 81.0 cm³/mol. The average Bonchev–Trinajstić information content (AvgIpc) is 2.59. The second-order valence-electron chi connectivity index (χ2n) is 6.19. The molecule has 1 aliphatic heterocycles. The van der Waals surface area contributed by atoms with Gasteiger partial charge >= 0.3 is 0 Å². The molecule has 108 valence electrons. The van der Waals surface area contributed by atoms with E-state index in [0.29, 0.717) is 0 Å². The normalized spacial score (nSPS) is 22.3. The van der Waals surface area contributed by atoms with Crippen LogP contribution in [0.25, 0.3) is 0 Å². The monoisotopic (exact) mass is 254 g/mol. The van der Waals surface area contributed by atoms with Gasteiger partial charge in [0.25, 0.3) is 0 Å². The summed E-state index contributed by atoms with van der Waals surface area (Å²) in [5.74, 6) is 1.86. The lowest BCUT2D eigenvalue weighted by Gasteiger charge is -2.21. The smallest absolute Gasteiger partial charge is 0.00160 e. The molecule has 1 fully saturated rings. The Labute approximate surface area is 115 Å². The van der Waals surface area contributed by atoms with Gasteiger partial charge in [0.1, 0.15) is 0 Å². The largest absolute Gasteiger partial charge is 0.317 e. The van der Waals surface area contributed by atoms with Crippen LogP contribution in [-0.4, -0.2) is 37.6 Å². The molecular formula is C16H34N2. The number of likely N-dealkylation sites (tertiary alicyclic amines) is 1. The molecule has 0 bridgehead atoms. The van der Waals surface area contributed by atoms with Crippen LogP contribution < -0.4 is 5.32 Å². The van der Waals surface area contributed by atoms with Crippen LogP contribution in [0, 0.1) is 11.8 Å². The fraction of sp³-hybridized carbons (Fsp3) is 1.00. The average molecular weight is 254 g/mol. The summed E-state index contributed by atoms with van der Waals surface area (Å²) in [4.78, 5) is 2.70. The van der Waals surface area contributed by atoms with Crippen molar-refractivity contribution in [3.8, 4) is 0 Å². The van der Waals surface area contributed by atoms with Crippen LogP contribution in [0.15, 0.2) is 0 Å². The Kier molecular flexibility index (Phi) is 8.70. The fourth-order valence-corrected chi connectivity index (χ4v) is 3.01. The van der Waals surface area contributed by atoms with Gasteiger partial charge in [-0.05, 0) is 76.7 Å². The van der Waals surface area contributed by atoms with E-state index in [9.17, 15) is 0 Å². The minimum absolute atomic E-state index is 0.880. The van der Waals surface area contributed by atoms with Crippen molar-refractivity contribution in [1.29, 1.82) is 0 Å². The Bertz CT molecular complexity index is 192. The maximum atomic E-state index is 3.40. The van der Waals surface area contributed by atoms with Crippen LogP contribution in [0.1, 0.15) is 59.3 Å². The molecule has 0 aromatic carbocycles. The second kappa shape index (κ2) is 9.80. The second-order valence-corrected chi connectivity index (χ2v) is 6.19. The number of unbranched alkanes of at least 4 members (excludes halogenated alkanes) is 2. The molecular weight excluding hydrogens is 220 g/mol. The van der Waals surface area contributed by atoms with Gasteiger partial charge < -0.3 is 10.2 Å². The van der Waals surface area contributed by atoms with Crippen LogP contribution in [0.5, 0.6) is 0 Å². The minimum Gasteiger partial charge on any atom is -0.317 e. The molecule has 0 amide bonds. The zero-order valence-electron chi connectivity index (χ0n) is 12.9. The number of nitrogens with zero attached hydrogens (tertiary/aromatic N) is 1. The van der Waals surface area contributed by atoms with Crippen molar-refractivity contribution in [3.05, 3.63) is 0 Å². The lowest BCUT2D eigenvalue weighted by Crippen LogP contribution is -2.26. The van der Waals surface area contributed by atoms with E-state index in [4.69, 9.17) is 0 Å². The number of nitrogens with one attached hydrogen (secondary N) is 1. The van der Waals surface area contributed by atoms with E-state index in [1.807, 2.05) is 0 Å². The molecule has 1 N–H and O–H groups in total. The molecule has 0 radical (unpaired) electrons. The highest BCUT2D eigenvalue weighted by atomic mass is 15.1. The van der Waals surface area contributed by atoms with Crippen LogP contribution in [0.3, 0.4) is 0 Å². The fourth-order valence-electron chi connectivity index (χ4n) is 3.01. The van der Waals surface area contributed by atoms with Gasteiger partial charge in [-0.25, -0.2) is 0 Å². The Balaban J connectivity index is 2.05. The molecule has 2 heteroatoms. The molecule has 1 unspecified atom stereocenters. The van der Waals surface area contributed by atoms with E-state index in [1.54, 1.807) is 0 Å². The molecule has 1 saturated heterocycles. The van der Waals surface area contributed by atoms with Crippen LogP contribution in [0.2, 0.25) is 0 Å². The van der Waals surface area contributed by atoms with Gasteiger partial charge in [-0.2, -0.15) is 0 Å². The molecule has 0 aliphatic carbocycles. The van der Waals surface area contributed by atoms with E-state index >= 15 is 0 Å². The van der Waals surface area contributed by atoms with E-state index in [2.05, 4.69) is 31.0 Å². The van der Waals surface area contributed by atoms with E-state index in [0.717, 1.165) is 18.4 Å². The maximum Gasteiger partial charge on any atom is -0.00160 e. The number of hydrogen-bond acceptors (Lipinski definition) is 2. The van der Waals surface area contributed by atoms with Crippen molar-refractivity contribution in [2.75, 3.05) is 32.7 Å². The molecule has 0 aromatic heterocycles. The summed E-state index contributed by atoms with van der Waals surface area (Å²) in [6.07, 6.45) is 8.41. The first-order valence-electron chi connectivity index (χ1n) is 8.17. The van der Waals surface area contributed by atoms with Crippen LogP contribution >= 0.6 is 0 Å². The van der Waals surface area contributed by atoms with Crippen LogP contribution in [-0.2, 0) is 0 Å². The van der Waals surface area contributed by atoms with E-state index in [-0.39, 0.29) is 0 Å². The quantitative estimate of drug-likeness (QED) is 0.667. The first-order valence-corrected chi connectivity index (χ1v) is 8.17. The highest BCUT2D eigenvalue weighted by molar-refractivity contribution is 4.72. The summed E-state index contributed by atoms with van der Waals surface area (Å²) in [5, 5.41) is 3.40. The van der Waals surface area contributed by atoms with Crippen molar-refractivity contribution < 1.29 is 0 Å². The van der Waals surface area contributed by atoms with Crippen molar-refractivity contribution in [2.45, 2.75) is 59.3 Å². The highest BCUT2D eigenvalue weighted by Crippen LogP contribution is 2.24. The molecule has 1 atom stereocenters. The molecule has 1 rings (SSSR count). The molecule has 18 heavy (non-hydrogen) atoms. The number of hydrogen-bond donors (Lipinski definition) is 1. The SMILES string of the molecule is CCNCCCCCN1CCCC(C(C)C)CC1. The van der Waals surface area contributed by atoms with Gasteiger partial charge in [0, 0.05) is 0 Å². The molecule has 0 aromatic rings. The topological polar surface area (TPSA) is 15.3 Å². The van der Waals surface area contributed by atoms with Crippen molar-refractivity contribution >= 4 is 0 Å². The Morgan fingerprint density at radius 1 is 1.11 bits per heavy atom. The lowest BCUT2D eigenvalue weighted by molar-refractivity contribution is 0.266. The van der Waals surface area contributed by atoms with Gasteiger partial charge in [-0.3, -0.25) is 0 Å². The minimum atomic E-state index is 0.880. The molecule has 1 aliphatic rings. The summed E-state index contributed by atoms with van der Waals surface area (Å²) in [6.45, 7) is 13.3. The summed E-state index contributed by atoms with van der Waals surface area (Å²) in [5.41, 5.74) is 0. The first kappa shape index (κ1) is 16.0. The van der Waals surface area contributed by atoms with Gasteiger partial charge in [0.2, 0.25) is 0 Å². The summed E-state index contributed by atoms with van der Waals surface area (Å²) < 4.78 is 0.